The van der Waals surface area contributed by atoms with E-state index in [4.69, 9.17) is 4.74 Å². The first-order valence-corrected chi connectivity index (χ1v) is 14.4. The molecule has 0 radical (unpaired) electrons. The fourth-order valence-corrected chi connectivity index (χ4v) is 4.48. The van der Waals surface area contributed by atoms with Gasteiger partial charge in [-0.05, 0) is 78.4 Å². The minimum absolute atomic E-state index is 0.206. The third-order valence-electron chi connectivity index (χ3n) is 5.84. The maximum atomic E-state index is 14.1. The van der Waals surface area contributed by atoms with E-state index in [9.17, 15) is 14.4 Å². The number of nitrogens with zero attached hydrogens (tertiary/aromatic N) is 1. The molecular formula is C28H47N3O4S. The van der Waals surface area contributed by atoms with Crippen LogP contribution in [0.25, 0.3) is 0 Å². The van der Waals surface area contributed by atoms with E-state index in [-0.39, 0.29) is 17.9 Å². The number of ether oxygens (including phenoxy) is 1. The van der Waals surface area contributed by atoms with Crippen LogP contribution in [0.1, 0.15) is 90.0 Å². The minimum atomic E-state index is -0.807. The summed E-state index contributed by atoms with van der Waals surface area (Å²) in [4.78, 5) is 42.1. The summed E-state index contributed by atoms with van der Waals surface area (Å²) in [6, 6.07) is 4.15. The van der Waals surface area contributed by atoms with Gasteiger partial charge in [0.2, 0.25) is 11.8 Å². The number of carbonyl (C=O) groups is 3. The number of thioether (sulfide) groups is 1. The Morgan fingerprint density at radius 2 is 1.69 bits per heavy atom. The highest BCUT2D eigenvalue weighted by Crippen LogP contribution is 2.28. The number of amides is 3. The molecule has 3 amide bonds. The van der Waals surface area contributed by atoms with Gasteiger partial charge in [-0.25, -0.2) is 4.79 Å². The molecule has 0 heterocycles. The van der Waals surface area contributed by atoms with Crippen LogP contribution < -0.4 is 10.6 Å². The second-order valence-electron chi connectivity index (χ2n) is 10.5. The van der Waals surface area contributed by atoms with Crippen molar-refractivity contribution < 1.29 is 19.1 Å². The van der Waals surface area contributed by atoms with Gasteiger partial charge in [0.15, 0.2) is 0 Å². The van der Waals surface area contributed by atoms with E-state index >= 15 is 0 Å². The summed E-state index contributed by atoms with van der Waals surface area (Å²) in [6.07, 6.45) is 4.24. The van der Waals surface area contributed by atoms with Gasteiger partial charge in [-0.3, -0.25) is 9.59 Å². The number of hydrogen-bond donors (Lipinski definition) is 2. The molecule has 0 fully saturated rings. The molecule has 0 aliphatic carbocycles. The number of nitrogens with one attached hydrogen (secondary N) is 2. The molecule has 1 rings (SSSR count). The second kappa shape index (κ2) is 15.1. The summed E-state index contributed by atoms with van der Waals surface area (Å²) < 4.78 is 5.45. The van der Waals surface area contributed by atoms with Crippen molar-refractivity contribution in [3.05, 3.63) is 34.9 Å². The van der Waals surface area contributed by atoms with E-state index in [0.717, 1.165) is 29.5 Å². The number of unbranched alkanes of at least 4 members (excludes halogenated alkanes) is 1. The van der Waals surface area contributed by atoms with Crippen LogP contribution in [-0.4, -0.2) is 59.0 Å². The molecule has 0 saturated heterocycles. The van der Waals surface area contributed by atoms with Crippen molar-refractivity contribution in [3.8, 4) is 0 Å². The lowest BCUT2D eigenvalue weighted by molar-refractivity contribution is -0.145. The van der Waals surface area contributed by atoms with Crippen LogP contribution >= 0.6 is 11.8 Å². The smallest absolute Gasteiger partial charge is 0.408 e. The number of rotatable bonds is 13. The molecule has 0 aliphatic rings. The van der Waals surface area contributed by atoms with Gasteiger partial charge in [0.25, 0.3) is 0 Å². The Labute approximate surface area is 222 Å². The Hall–Kier alpha value is -2.22. The lowest BCUT2D eigenvalue weighted by Gasteiger charge is -2.38. The Morgan fingerprint density at radius 1 is 1.08 bits per heavy atom. The monoisotopic (exact) mass is 521 g/mol. The fourth-order valence-electron chi connectivity index (χ4n) is 4.01. The van der Waals surface area contributed by atoms with Crippen molar-refractivity contribution >= 4 is 29.7 Å². The van der Waals surface area contributed by atoms with Crippen LogP contribution in [0.5, 0.6) is 0 Å². The fraction of sp³-hybridized carbons (Fsp3) is 0.679. The highest BCUT2D eigenvalue weighted by molar-refractivity contribution is 7.98. The Bertz CT molecular complexity index is 849. The first kappa shape index (κ1) is 31.8. The zero-order chi connectivity index (χ0) is 27.5. The SMILES string of the molecule is CCCCNC(=O)C(c1cc(C)cc(C)c1)N(C(=O)C(CCSC)NC(=O)OC(C)(C)C)C(C)CC. The second-order valence-corrected chi connectivity index (χ2v) is 11.4. The van der Waals surface area contributed by atoms with Crippen molar-refractivity contribution in [2.75, 3.05) is 18.6 Å². The van der Waals surface area contributed by atoms with Crippen LogP contribution in [0.15, 0.2) is 18.2 Å². The number of carbonyl (C=O) groups excluding carboxylic acids is 3. The maximum Gasteiger partial charge on any atom is 0.408 e. The highest BCUT2D eigenvalue weighted by Gasteiger charge is 2.38. The Morgan fingerprint density at radius 3 is 2.19 bits per heavy atom. The molecule has 7 nitrogen and oxygen atoms in total. The Balaban J connectivity index is 3.52. The van der Waals surface area contributed by atoms with Gasteiger partial charge in [0, 0.05) is 12.6 Å². The molecule has 0 spiro atoms. The predicted molar refractivity (Wildman–Crippen MR) is 149 cm³/mol. The molecule has 36 heavy (non-hydrogen) atoms. The van der Waals surface area contributed by atoms with E-state index in [1.165, 1.54) is 0 Å². The highest BCUT2D eigenvalue weighted by atomic mass is 32.2. The summed E-state index contributed by atoms with van der Waals surface area (Å²) >= 11 is 1.60. The molecule has 0 aromatic heterocycles. The van der Waals surface area contributed by atoms with Crippen LogP contribution in [0, 0.1) is 13.8 Å². The molecule has 3 atom stereocenters. The van der Waals surface area contributed by atoms with Crippen molar-refractivity contribution in [2.45, 2.75) is 105 Å². The first-order chi connectivity index (χ1) is 16.8. The van der Waals surface area contributed by atoms with Crippen molar-refractivity contribution in [2.24, 2.45) is 0 Å². The number of benzene rings is 1. The molecule has 204 valence electrons. The quantitative estimate of drug-likeness (QED) is 0.333. The third kappa shape index (κ3) is 10.4. The zero-order valence-corrected chi connectivity index (χ0v) is 24.5. The summed E-state index contributed by atoms with van der Waals surface area (Å²) in [5.74, 6) is 0.194. The van der Waals surface area contributed by atoms with Gasteiger partial charge in [0.05, 0.1) is 0 Å². The van der Waals surface area contributed by atoms with Crippen LogP contribution in [-0.2, 0) is 14.3 Å². The molecule has 0 saturated carbocycles. The van der Waals surface area contributed by atoms with Crippen molar-refractivity contribution in [1.82, 2.24) is 15.5 Å². The van der Waals surface area contributed by atoms with E-state index < -0.39 is 23.8 Å². The lowest BCUT2D eigenvalue weighted by atomic mass is 9.96. The standard InChI is InChI=1S/C28H47N3O4S/c1-10-12-14-29-25(32)24(22-17-19(3)16-20(4)18-22)31(21(5)11-2)26(33)23(13-15-36-9)30-27(34)35-28(6,7)8/h16-18,21,23-24H,10-15H2,1-9H3,(H,29,32)(H,30,34). The van der Waals surface area contributed by atoms with E-state index in [0.29, 0.717) is 25.1 Å². The molecule has 0 bridgehead atoms. The van der Waals surface area contributed by atoms with Crippen molar-refractivity contribution in [1.29, 1.82) is 0 Å². The van der Waals surface area contributed by atoms with Gasteiger partial charge in [-0.2, -0.15) is 11.8 Å². The minimum Gasteiger partial charge on any atom is -0.444 e. The van der Waals surface area contributed by atoms with Gasteiger partial charge < -0.3 is 20.3 Å². The molecule has 1 aromatic rings. The third-order valence-corrected chi connectivity index (χ3v) is 6.48. The maximum absolute atomic E-state index is 14.1. The van der Waals surface area contributed by atoms with Gasteiger partial charge in [-0.15, -0.1) is 0 Å². The van der Waals surface area contributed by atoms with Crippen LogP contribution in [0.3, 0.4) is 0 Å². The molecule has 2 N–H and O–H groups in total. The van der Waals surface area contributed by atoms with Crippen LogP contribution in [0.4, 0.5) is 4.79 Å². The van der Waals surface area contributed by atoms with E-state index in [2.05, 4.69) is 23.6 Å². The van der Waals surface area contributed by atoms with Crippen molar-refractivity contribution in [3.63, 3.8) is 0 Å². The number of alkyl carbamates (subject to hydrolysis) is 1. The predicted octanol–water partition coefficient (Wildman–Crippen LogP) is 5.53. The molecular weight excluding hydrogens is 474 g/mol. The summed E-state index contributed by atoms with van der Waals surface area (Å²) in [5.41, 5.74) is 2.14. The van der Waals surface area contributed by atoms with E-state index in [1.54, 1.807) is 37.4 Å². The normalized spacial score (nSPS) is 13.9. The van der Waals surface area contributed by atoms with Gasteiger partial charge >= 0.3 is 6.09 Å². The summed E-state index contributed by atoms with van der Waals surface area (Å²) in [6.45, 7) is 15.9. The number of aryl methyl sites for hydroxylation is 2. The average Bonchev–Trinajstić information content (AvgIpc) is 2.77. The van der Waals surface area contributed by atoms with E-state index in [1.807, 2.05) is 46.1 Å². The molecule has 8 heteroatoms. The zero-order valence-electron chi connectivity index (χ0n) is 23.7. The molecule has 1 aromatic carbocycles. The summed E-state index contributed by atoms with van der Waals surface area (Å²) in [5, 5.41) is 5.83. The lowest BCUT2D eigenvalue weighted by Crippen LogP contribution is -2.55. The van der Waals surface area contributed by atoms with Crippen LogP contribution in [0.2, 0.25) is 0 Å². The molecule has 3 unspecified atom stereocenters. The average molecular weight is 522 g/mol. The Kier molecular flexibility index (Phi) is 13.4. The first-order valence-electron chi connectivity index (χ1n) is 13.0. The summed E-state index contributed by atoms with van der Waals surface area (Å²) in [7, 11) is 0. The topological polar surface area (TPSA) is 87.7 Å². The molecule has 0 aliphatic heterocycles. The number of hydrogen-bond acceptors (Lipinski definition) is 5. The van der Waals surface area contributed by atoms with Gasteiger partial charge in [-0.1, -0.05) is 49.6 Å². The van der Waals surface area contributed by atoms with Gasteiger partial charge in [0.1, 0.15) is 17.7 Å². The largest absolute Gasteiger partial charge is 0.444 e.